The fourth-order valence-corrected chi connectivity index (χ4v) is 1.89. The Morgan fingerprint density at radius 3 is 1.44 bits per heavy atom. The van der Waals surface area contributed by atoms with Gasteiger partial charge in [-0.1, -0.05) is 71.1 Å². The van der Waals surface area contributed by atoms with E-state index in [4.69, 9.17) is 6.42 Å². The fraction of sp³-hybridized carbons (Fsp3) is 0.867. The van der Waals surface area contributed by atoms with E-state index in [9.17, 15) is 0 Å². The highest BCUT2D eigenvalue weighted by atomic mass is 14.0. The third-order valence-electron chi connectivity index (χ3n) is 2.92. The van der Waals surface area contributed by atoms with Gasteiger partial charge in [0.2, 0.25) is 0 Å². The summed E-state index contributed by atoms with van der Waals surface area (Å²) in [5.41, 5.74) is 0. The smallest absolute Gasteiger partial charge is 0.00860 e. The van der Waals surface area contributed by atoms with Crippen molar-refractivity contribution in [1.82, 2.24) is 6.15 Å². The highest BCUT2D eigenvalue weighted by Crippen LogP contribution is 2.11. The van der Waals surface area contributed by atoms with E-state index in [1.807, 2.05) is 0 Å². The van der Waals surface area contributed by atoms with Gasteiger partial charge in [-0.25, -0.2) is 0 Å². The van der Waals surface area contributed by atoms with Crippen molar-refractivity contribution in [3.63, 3.8) is 0 Å². The highest BCUT2D eigenvalue weighted by Gasteiger charge is 1.92. The zero-order valence-corrected chi connectivity index (χ0v) is 11.3. The third-order valence-corrected chi connectivity index (χ3v) is 2.92. The number of hydrogen-bond donors (Lipinski definition) is 1. The Labute approximate surface area is 103 Å². The molecule has 0 aliphatic carbocycles. The molecular formula is C15H31N. The van der Waals surface area contributed by atoms with Gasteiger partial charge >= 0.3 is 0 Å². The van der Waals surface area contributed by atoms with Crippen LogP contribution in [0.4, 0.5) is 0 Å². The summed E-state index contributed by atoms with van der Waals surface area (Å²) in [6.45, 7) is 2.27. The van der Waals surface area contributed by atoms with Crippen molar-refractivity contribution in [2.45, 2.75) is 84.0 Å². The van der Waals surface area contributed by atoms with Crippen molar-refractivity contribution in [3.8, 4) is 12.3 Å². The SMILES string of the molecule is C#CCCCCCCCCCCCCC.N. The lowest BCUT2D eigenvalue weighted by atomic mass is 10.1. The van der Waals surface area contributed by atoms with Gasteiger partial charge in [-0.15, -0.1) is 12.3 Å². The van der Waals surface area contributed by atoms with Crippen molar-refractivity contribution in [1.29, 1.82) is 0 Å². The summed E-state index contributed by atoms with van der Waals surface area (Å²) >= 11 is 0. The molecule has 0 aliphatic heterocycles. The van der Waals surface area contributed by atoms with Gasteiger partial charge in [-0.3, -0.25) is 0 Å². The molecule has 0 heterocycles. The summed E-state index contributed by atoms with van der Waals surface area (Å²) in [4.78, 5) is 0. The average molecular weight is 225 g/mol. The first-order chi connectivity index (χ1) is 7.41. The zero-order chi connectivity index (χ0) is 11.2. The molecule has 0 fully saturated rings. The van der Waals surface area contributed by atoms with Crippen LogP contribution in [0.5, 0.6) is 0 Å². The van der Waals surface area contributed by atoms with E-state index in [0.717, 1.165) is 6.42 Å². The van der Waals surface area contributed by atoms with Gasteiger partial charge in [0.05, 0.1) is 0 Å². The molecule has 16 heavy (non-hydrogen) atoms. The Morgan fingerprint density at radius 1 is 0.688 bits per heavy atom. The van der Waals surface area contributed by atoms with Crippen LogP contribution in [-0.2, 0) is 0 Å². The second-order valence-electron chi connectivity index (χ2n) is 4.49. The predicted molar refractivity (Wildman–Crippen MR) is 74.9 cm³/mol. The summed E-state index contributed by atoms with van der Waals surface area (Å²) in [5.74, 6) is 2.70. The number of terminal acetylenes is 1. The molecule has 0 bridgehead atoms. The van der Waals surface area contributed by atoms with Crippen molar-refractivity contribution in [3.05, 3.63) is 0 Å². The largest absolute Gasteiger partial charge is 0.344 e. The second-order valence-corrected chi connectivity index (χ2v) is 4.49. The van der Waals surface area contributed by atoms with Gasteiger partial charge in [0.15, 0.2) is 0 Å². The molecule has 0 amide bonds. The Morgan fingerprint density at radius 2 is 1.06 bits per heavy atom. The first kappa shape index (κ1) is 17.9. The summed E-state index contributed by atoms with van der Waals surface area (Å²) < 4.78 is 0. The van der Waals surface area contributed by atoms with Crippen LogP contribution < -0.4 is 6.15 Å². The van der Waals surface area contributed by atoms with Gasteiger partial charge in [0.25, 0.3) is 0 Å². The van der Waals surface area contributed by atoms with Crippen molar-refractivity contribution < 1.29 is 0 Å². The lowest BCUT2D eigenvalue weighted by molar-refractivity contribution is 0.551. The molecule has 0 saturated carbocycles. The van der Waals surface area contributed by atoms with E-state index in [2.05, 4.69) is 12.8 Å². The zero-order valence-electron chi connectivity index (χ0n) is 11.3. The molecule has 1 nitrogen and oxygen atoms in total. The normalized spacial score (nSPS) is 9.50. The molecule has 0 spiro atoms. The standard InChI is InChI=1S/C15H28.H3N/c1-3-5-7-9-11-13-15-14-12-10-8-6-4-2;/h1H,4-15H2,2H3;1H3. The maximum atomic E-state index is 5.20. The predicted octanol–water partition coefficient (Wildman–Crippen LogP) is 5.48. The maximum absolute atomic E-state index is 5.20. The topological polar surface area (TPSA) is 35.0 Å². The van der Waals surface area contributed by atoms with E-state index in [0.29, 0.717) is 0 Å². The van der Waals surface area contributed by atoms with E-state index in [-0.39, 0.29) is 6.15 Å². The molecule has 0 atom stereocenters. The fourth-order valence-electron chi connectivity index (χ4n) is 1.89. The number of hydrogen-bond acceptors (Lipinski definition) is 1. The van der Waals surface area contributed by atoms with Crippen LogP contribution in [0.1, 0.15) is 84.0 Å². The van der Waals surface area contributed by atoms with Crippen LogP contribution in [0.3, 0.4) is 0 Å². The minimum absolute atomic E-state index is 0. The van der Waals surface area contributed by atoms with Gasteiger partial charge in [0, 0.05) is 6.42 Å². The van der Waals surface area contributed by atoms with E-state index >= 15 is 0 Å². The lowest BCUT2D eigenvalue weighted by Crippen LogP contribution is -1.81. The van der Waals surface area contributed by atoms with Gasteiger partial charge in [0.1, 0.15) is 0 Å². The molecule has 0 rings (SSSR count). The number of unbranched alkanes of at least 4 members (excludes halogenated alkanes) is 11. The van der Waals surface area contributed by atoms with Crippen molar-refractivity contribution in [2.24, 2.45) is 0 Å². The van der Waals surface area contributed by atoms with Crippen LogP contribution in [-0.4, -0.2) is 0 Å². The Kier molecular flexibility index (Phi) is 18.9. The number of rotatable bonds is 11. The summed E-state index contributed by atoms with van der Waals surface area (Å²) in [6, 6.07) is 0. The van der Waals surface area contributed by atoms with E-state index in [1.54, 1.807) is 0 Å². The molecular weight excluding hydrogens is 194 g/mol. The van der Waals surface area contributed by atoms with Crippen LogP contribution >= 0.6 is 0 Å². The second kappa shape index (κ2) is 16.9. The van der Waals surface area contributed by atoms with Crippen LogP contribution in [0.15, 0.2) is 0 Å². The monoisotopic (exact) mass is 225 g/mol. The molecule has 0 aromatic heterocycles. The minimum atomic E-state index is 0. The maximum Gasteiger partial charge on any atom is 0.00860 e. The average Bonchev–Trinajstić information content (AvgIpc) is 2.26. The van der Waals surface area contributed by atoms with E-state index in [1.165, 1.54) is 70.6 Å². The molecule has 3 N–H and O–H groups in total. The van der Waals surface area contributed by atoms with Gasteiger partial charge in [-0.2, -0.15) is 0 Å². The molecule has 0 saturated heterocycles. The van der Waals surface area contributed by atoms with Gasteiger partial charge < -0.3 is 6.15 Å². The molecule has 0 aromatic rings. The summed E-state index contributed by atoms with van der Waals surface area (Å²) in [6.07, 6.45) is 21.5. The molecule has 0 unspecified atom stereocenters. The molecule has 0 aromatic carbocycles. The van der Waals surface area contributed by atoms with Crippen LogP contribution in [0.25, 0.3) is 0 Å². The molecule has 96 valence electrons. The molecule has 1 heteroatoms. The van der Waals surface area contributed by atoms with Crippen molar-refractivity contribution >= 4 is 0 Å². The lowest BCUT2D eigenvalue weighted by Gasteiger charge is -2.01. The Balaban J connectivity index is 0. The highest BCUT2D eigenvalue weighted by molar-refractivity contribution is 4.82. The Hall–Kier alpha value is -0.480. The van der Waals surface area contributed by atoms with Crippen LogP contribution in [0.2, 0.25) is 0 Å². The van der Waals surface area contributed by atoms with E-state index < -0.39 is 0 Å². The summed E-state index contributed by atoms with van der Waals surface area (Å²) in [5, 5.41) is 0. The Bertz CT molecular complexity index is 146. The van der Waals surface area contributed by atoms with Crippen molar-refractivity contribution in [2.75, 3.05) is 0 Å². The first-order valence-electron chi connectivity index (χ1n) is 6.85. The minimum Gasteiger partial charge on any atom is -0.344 e. The first-order valence-corrected chi connectivity index (χ1v) is 6.85. The van der Waals surface area contributed by atoms with Crippen LogP contribution in [0, 0.1) is 12.3 Å². The molecule has 0 radical (unpaired) electrons. The summed E-state index contributed by atoms with van der Waals surface area (Å²) in [7, 11) is 0. The molecule has 0 aliphatic rings. The quantitative estimate of drug-likeness (QED) is 0.366. The van der Waals surface area contributed by atoms with Gasteiger partial charge in [-0.05, 0) is 6.42 Å². The third kappa shape index (κ3) is 16.0.